The van der Waals surface area contributed by atoms with Crippen LogP contribution < -0.4 is 10.5 Å². The number of anilines is 1. The first-order chi connectivity index (χ1) is 11.7. The molecule has 1 aliphatic carbocycles. The highest BCUT2D eigenvalue weighted by Gasteiger charge is 2.27. The molecule has 118 valence electrons. The van der Waals surface area contributed by atoms with Crippen molar-refractivity contribution in [2.75, 3.05) is 12.8 Å². The zero-order valence-electron chi connectivity index (χ0n) is 13.1. The molecule has 0 atom stereocenters. The van der Waals surface area contributed by atoms with Gasteiger partial charge in [0.15, 0.2) is 0 Å². The SMILES string of the molecule is COc1ccccc1-c1c(C#N)c(N)nc2c1CCc1n[nH]cc1-2. The number of benzene rings is 1. The maximum atomic E-state index is 9.65. The maximum Gasteiger partial charge on any atom is 0.142 e. The van der Waals surface area contributed by atoms with Gasteiger partial charge in [-0.1, -0.05) is 18.2 Å². The van der Waals surface area contributed by atoms with Crippen molar-refractivity contribution in [3.8, 4) is 34.2 Å². The van der Waals surface area contributed by atoms with E-state index in [-0.39, 0.29) is 5.82 Å². The number of ether oxygens (including phenoxy) is 1. The lowest BCUT2D eigenvalue weighted by molar-refractivity contribution is 0.416. The van der Waals surface area contributed by atoms with Crippen LogP contribution in [0.1, 0.15) is 16.8 Å². The number of hydrogen-bond acceptors (Lipinski definition) is 5. The number of aromatic nitrogens is 3. The molecule has 6 nitrogen and oxygen atoms in total. The van der Waals surface area contributed by atoms with Gasteiger partial charge in [0.25, 0.3) is 0 Å². The lowest BCUT2D eigenvalue weighted by atomic mass is 9.85. The van der Waals surface area contributed by atoms with Crippen molar-refractivity contribution < 1.29 is 4.74 Å². The molecular formula is C18H15N5O. The smallest absolute Gasteiger partial charge is 0.142 e. The van der Waals surface area contributed by atoms with E-state index in [1.165, 1.54) is 0 Å². The molecule has 0 spiro atoms. The van der Waals surface area contributed by atoms with Gasteiger partial charge in [0.2, 0.25) is 0 Å². The van der Waals surface area contributed by atoms with Crippen LogP contribution in [0.25, 0.3) is 22.4 Å². The van der Waals surface area contributed by atoms with E-state index in [1.807, 2.05) is 30.5 Å². The summed E-state index contributed by atoms with van der Waals surface area (Å²) in [4.78, 5) is 4.49. The number of nitriles is 1. The second kappa shape index (κ2) is 5.39. The molecule has 0 saturated carbocycles. The van der Waals surface area contributed by atoms with Crippen molar-refractivity contribution in [1.29, 1.82) is 5.26 Å². The van der Waals surface area contributed by atoms with Crippen molar-refractivity contribution in [1.82, 2.24) is 15.2 Å². The molecule has 0 aliphatic heterocycles. The first-order valence-corrected chi connectivity index (χ1v) is 7.63. The Labute approximate surface area is 138 Å². The maximum absolute atomic E-state index is 9.65. The minimum atomic E-state index is 0.228. The summed E-state index contributed by atoms with van der Waals surface area (Å²) in [7, 11) is 1.62. The third kappa shape index (κ3) is 1.95. The van der Waals surface area contributed by atoms with Crippen LogP contribution >= 0.6 is 0 Å². The van der Waals surface area contributed by atoms with E-state index < -0.39 is 0 Å². The zero-order valence-corrected chi connectivity index (χ0v) is 13.1. The Kier molecular flexibility index (Phi) is 3.21. The van der Waals surface area contributed by atoms with Crippen LogP contribution in [0.5, 0.6) is 5.75 Å². The second-order valence-electron chi connectivity index (χ2n) is 5.63. The van der Waals surface area contributed by atoms with Gasteiger partial charge in [-0.3, -0.25) is 5.10 Å². The summed E-state index contributed by atoms with van der Waals surface area (Å²) in [6.45, 7) is 0. The van der Waals surface area contributed by atoms with Crippen molar-refractivity contribution in [3.05, 3.63) is 47.3 Å². The van der Waals surface area contributed by atoms with Gasteiger partial charge in [0.1, 0.15) is 23.2 Å². The Morgan fingerprint density at radius 3 is 2.88 bits per heavy atom. The highest BCUT2D eigenvalue weighted by Crippen LogP contribution is 2.43. The molecule has 2 heterocycles. The molecule has 1 aliphatic rings. The van der Waals surface area contributed by atoms with E-state index in [9.17, 15) is 5.26 Å². The van der Waals surface area contributed by atoms with Crippen LogP contribution in [0, 0.1) is 11.3 Å². The summed E-state index contributed by atoms with van der Waals surface area (Å²) >= 11 is 0. The number of nitrogens with one attached hydrogen (secondary N) is 1. The van der Waals surface area contributed by atoms with Crippen LogP contribution in [-0.2, 0) is 12.8 Å². The first-order valence-electron chi connectivity index (χ1n) is 7.63. The summed E-state index contributed by atoms with van der Waals surface area (Å²) < 4.78 is 5.50. The Balaban J connectivity index is 2.09. The van der Waals surface area contributed by atoms with Gasteiger partial charge in [-0.15, -0.1) is 0 Å². The van der Waals surface area contributed by atoms with Crippen LogP contribution in [0.4, 0.5) is 5.82 Å². The normalized spacial score (nSPS) is 12.2. The number of fused-ring (bicyclic) bond motifs is 3. The third-order valence-corrected chi connectivity index (χ3v) is 4.40. The summed E-state index contributed by atoms with van der Waals surface area (Å²) in [5.41, 5.74) is 11.9. The van der Waals surface area contributed by atoms with Crippen molar-refractivity contribution in [2.24, 2.45) is 0 Å². The Hall–Kier alpha value is -3.33. The number of nitrogens with two attached hydrogens (primary N) is 1. The van der Waals surface area contributed by atoms with Crippen molar-refractivity contribution >= 4 is 5.82 Å². The Morgan fingerprint density at radius 1 is 1.25 bits per heavy atom. The van der Waals surface area contributed by atoms with Crippen molar-refractivity contribution in [3.63, 3.8) is 0 Å². The van der Waals surface area contributed by atoms with Gasteiger partial charge < -0.3 is 10.5 Å². The molecule has 6 heteroatoms. The minimum Gasteiger partial charge on any atom is -0.496 e. The number of methoxy groups -OCH3 is 1. The van der Waals surface area contributed by atoms with Gasteiger partial charge in [-0.05, 0) is 24.5 Å². The van der Waals surface area contributed by atoms with E-state index in [4.69, 9.17) is 10.5 Å². The lowest BCUT2D eigenvalue weighted by Crippen LogP contribution is -2.11. The van der Waals surface area contributed by atoms with Crippen molar-refractivity contribution in [2.45, 2.75) is 12.8 Å². The number of aryl methyl sites for hydroxylation is 1. The fourth-order valence-corrected chi connectivity index (χ4v) is 3.33. The van der Waals surface area contributed by atoms with E-state index >= 15 is 0 Å². The number of nitrogens with zero attached hydrogens (tertiary/aromatic N) is 3. The Morgan fingerprint density at radius 2 is 2.08 bits per heavy atom. The number of pyridine rings is 1. The molecule has 4 rings (SSSR count). The standard InChI is InChI=1S/C18H15N5O/c1-24-15-5-3-2-4-10(15)16-11-6-7-14-13(9-21-23-14)17(11)22-18(20)12(16)8-19/h2-5,9H,6-7H2,1H3,(H2,20,22)(H,21,23). The quantitative estimate of drug-likeness (QED) is 0.757. The van der Waals surface area contributed by atoms with E-state index in [1.54, 1.807) is 7.11 Å². The summed E-state index contributed by atoms with van der Waals surface area (Å²) in [5.74, 6) is 0.936. The van der Waals surface area contributed by atoms with Gasteiger partial charge in [-0.25, -0.2) is 4.98 Å². The molecule has 3 N–H and O–H groups in total. The van der Waals surface area contributed by atoms with E-state index in [2.05, 4.69) is 21.3 Å². The highest BCUT2D eigenvalue weighted by molar-refractivity contribution is 5.87. The monoisotopic (exact) mass is 317 g/mol. The molecule has 3 aromatic rings. The molecule has 0 saturated heterocycles. The minimum absolute atomic E-state index is 0.228. The average molecular weight is 317 g/mol. The molecule has 0 fully saturated rings. The number of hydrogen-bond donors (Lipinski definition) is 2. The van der Waals surface area contributed by atoms with Gasteiger partial charge in [-0.2, -0.15) is 10.4 Å². The molecule has 0 radical (unpaired) electrons. The van der Waals surface area contributed by atoms with Gasteiger partial charge in [0.05, 0.1) is 18.5 Å². The third-order valence-electron chi connectivity index (χ3n) is 4.40. The fraction of sp³-hybridized carbons (Fsp3) is 0.167. The molecule has 24 heavy (non-hydrogen) atoms. The molecule has 0 bridgehead atoms. The van der Waals surface area contributed by atoms with Crippen LogP contribution in [0.2, 0.25) is 0 Å². The van der Waals surface area contributed by atoms with Crippen LogP contribution in [0.15, 0.2) is 30.5 Å². The van der Waals surface area contributed by atoms with Gasteiger partial charge in [0, 0.05) is 22.9 Å². The predicted molar refractivity (Wildman–Crippen MR) is 90.3 cm³/mol. The predicted octanol–water partition coefficient (Wildman–Crippen LogP) is 2.70. The highest BCUT2D eigenvalue weighted by atomic mass is 16.5. The summed E-state index contributed by atoms with van der Waals surface area (Å²) in [6, 6.07) is 9.87. The number of nitrogen functional groups attached to an aromatic ring is 1. The lowest BCUT2D eigenvalue weighted by Gasteiger charge is -2.21. The fourth-order valence-electron chi connectivity index (χ4n) is 3.33. The number of H-pyrrole nitrogens is 1. The molecule has 0 unspecified atom stereocenters. The molecular weight excluding hydrogens is 302 g/mol. The second-order valence-corrected chi connectivity index (χ2v) is 5.63. The molecule has 2 aromatic heterocycles. The summed E-state index contributed by atoms with van der Waals surface area (Å²) in [5, 5.41) is 16.8. The zero-order chi connectivity index (χ0) is 16.7. The molecule has 0 amide bonds. The van der Waals surface area contributed by atoms with Crippen LogP contribution in [-0.4, -0.2) is 22.3 Å². The first kappa shape index (κ1) is 14.3. The van der Waals surface area contributed by atoms with Gasteiger partial charge >= 0.3 is 0 Å². The topological polar surface area (TPSA) is 101 Å². The van der Waals surface area contributed by atoms with E-state index in [0.717, 1.165) is 46.5 Å². The number of aromatic amines is 1. The molecule has 1 aromatic carbocycles. The Bertz CT molecular complexity index is 984. The number of rotatable bonds is 2. The largest absolute Gasteiger partial charge is 0.496 e. The van der Waals surface area contributed by atoms with Crippen LogP contribution in [0.3, 0.4) is 0 Å². The number of para-hydroxylation sites is 1. The van der Waals surface area contributed by atoms with E-state index in [0.29, 0.717) is 11.3 Å². The summed E-state index contributed by atoms with van der Waals surface area (Å²) in [6.07, 6.45) is 3.38. The average Bonchev–Trinajstić information content (AvgIpc) is 3.09.